The number of imidazole rings is 1. The molecule has 28 heavy (non-hydrogen) atoms. The Kier molecular flexibility index (Phi) is 5.62. The van der Waals surface area contributed by atoms with Gasteiger partial charge in [-0.15, -0.1) is 0 Å². The highest BCUT2D eigenvalue weighted by atomic mass is 15.2. The van der Waals surface area contributed by atoms with Crippen molar-refractivity contribution in [3.8, 4) is 0 Å². The second kappa shape index (κ2) is 8.31. The third kappa shape index (κ3) is 4.04. The predicted octanol–water partition coefficient (Wildman–Crippen LogP) is 4.08. The molecule has 2 aromatic heterocycles. The van der Waals surface area contributed by atoms with Crippen molar-refractivity contribution in [1.82, 2.24) is 19.4 Å². The van der Waals surface area contributed by atoms with Gasteiger partial charge in [0.1, 0.15) is 5.82 Å². The molecule has 1 aliphatic rings. The first-order valence-corrected chi connectivity index (χ1v) is 10.4. The van der Waals surface area contributed by atoms with Crippen LogP contribution in [0.15, 0.2) is 42.9 Å². The summed E-state index contributed by atoms with van der Waals surface area (Å²) in [5.74, 6) is 1.73. The molecule has 0 N–H and O–H groups in total. The van der Waals surface area contributed by atoms with Crippen LogP contribution in [0.5, 0.6) is 0 Å². The Balaban J connectivity index is 1.55. The SMILES string of the molecule is Cc1ccc2nccc(N3CCC[C@H](c4nccn4CCCN(C)C)C3)c2c1. The maximum Gasteiger partial charge on any atom is 0.113 e. The van der Waals surface area contributed by atoms with Crippen LogP contribution in [0.2, 0.25) is 0 Å². The number of pyridine rings is 1. The second-order valence-electron chi connectivity index (χ2n) is 8.27. The second-order valence-corrected chi connectivity index (χ2v) is 8.27. The van der Waals surface area contributed by atoms with E-state index in [1.54, 1.807) is 0 Å². The first-order chi connectivity index (χ1) is 13.6. The van der Waals surface area contributed by atoms with Gasteiger partial charge in [-0.3, -0.25) is 4.98 Å². The van der Waals surface area contributed by atoms with Crippen molar-refractivity contribution in [2.75, 3.05) is 38.6 Å². The number of hydrogen-bond donors (Lipinski definition) is 0. The Morgan fingerprint density at radius 1 is 1.14 bits per heavy atom. The minimum atomic E-state index is 0.483. The van der Waals surface area contributed by atoms with Gasteiger partial charge in [0.05, 0.1) is 5.52 Å². The summed E-state index contributed by atoms with van der Waals surface area (Å²) in [5.41, 5.74) is 3.67. The first-order valence-electron chi connectivity index (χ1n) is 10.4. The summed E-state index contributed by atoms with van der Waals surface area (Å²) in [6.45, 7) is 6.43. The first kappa shape index (κ1) is 18.9. The Morgan fingerprint density at radius 3 is 2.89 bits per heavy atom. The lowest BCUT2D eigenvalue weighted by Crippen LogP contribution is -2.35. The highest BCUT2D eigenvalue weighted by molar-refractivity contribution is 5.92. The number of fused-ring (bicyclic) bond motifs is 1. The van der Waals surface area contributed by atoms with E-state index < -0.39 is 0 Å². The largest absolute Gasteiger partial charge is 0.370 e. The summed E-state index contributed by atoms with van der Waals surface area (Å²) < 4.78 is 2.37. The van der Waals surface area contributed by atoms with Gasteiger partial charge in [-0.2, -0.15) is 0 Å². The van der Waals surface area contributed by atoms with E-state index in [0.717, 1.165) is 38.1 Å². The van der Waals surface area contributed by atoms with Crippen molar-refractivity contribution in [1.29, 1.82) is 0 Å². The number of nitrogens with zero attached hydrogens (tertiary/aromatic N) is 5. The molecule has 5 heteroatoms. The molecule has 4 rings (SSSR count). The van der Waals surface area contributed by atoms with E-state index in [2.05, 4.69) is 70.8 Å². The fourth-order valence-corrected chi connectivity index (χ4v) is 4.36. The van der Waals surface area contributed by atoms with Crippen LogP contribution >= 0.6 is 0 Å². The molecule has 3 heterocycles. The van der Waals surface area contributed by atoms with Crippen LogP contribution in [0.4, 0.5) is 5.69 Å². The molecule has 5 nitrogen and oxygen atoms in total. The topological polar surface area (TPSA) is 37.2 Å². The van der Waals surface area contributed by atoms with Crippen molar-refractivity contribution in [3.63, 3.8) is 0 Å². The number of hydrogen-bond acceptors (Lipinski definition) is 4. The van der Waals surface area contributed by atoms with E-state index >= 15 is 0 Å². The molecule has 0 aliphatic carbocycles. The van der Waals surface area contributed by atoms with Gasteiger partial charge in [0.25, 0.3) is 0 Å². The molecule has 1 fully saturated rings. The van der Waals surface area contributed by atoms with Crippen LogP contribution in [0, 0.1) is 6.92 Å². The van der Waals surface area contributed by atoms with Crippen molar-refractivity contribution < 1.29 is 0 Å². The molecule has 1 saturated heterocycles. The lowest BCUT2D eigenvalue weighted by Gasteiger charge is -2.35. The smallest absolute Gasteiger partial charge is 0.113 e. The Morgan fingerprint density at radius 2 is 2.04 bits per heavy atom. The molecular formula is C23H31N5. The van der Waals surface area contributed by atoms with Gasteiger partial charge < -0.3 is 14.4 Å². The maximum absolute atomic E-state index is 4.75. The van der Waals surface area contributed by atoms with Crippen molar-refractivity contribution in [3.05, 3.63) is 54.2 Å². The van der Waals surface area contributed by atoms with Gasteiger partial charge in [-0.1, -0.05) is 11.6 Å². The van der Waals surface area contributed by atoms with E-state index in [-0.39, 0.29) is 0 Å². The van der Waals surface area contributed by atoms with Crippen LogP contribution in [-0.4, -0.2) is 53.2 Å². The van der Waals surface area contributed by atoms with E-state index in [0.29, 0.717) is 5.92 Å². The van der Waals surface area contributed by atoms with E-state index in [9.17, 15) is 0 Å². The van der Waals surface area contributed by atoms with Crippen LogP contribution in [0.25, 0.3) is 10.9 Å². The minimum Gasteiger partial charge on any atom is -0.370 e. The van der Waals surface area contributed by atoms with Crippen molar-refractivity contribution >= 4 is 16.6 Å². The molecular weight excluding hydrogens is 346 g/mol. The maximum atomic E-state index is 4.75. The average molecular weight is 378 g/mol. The standard InChI is InChI=1S/C23H31N5/c1-18-7-8-21-20(16-18)22(9-10-24-21)28-13-4-6-19(17-28)23-25-11-15-27(23)14-5-12-26(2)3/h7-11,15-16,19H,4-6,12-14,17H2,1-3H3/t19-/m0/s1. The van der Waals surface area contributed by atoms with Crippen molar-refractivity contribution in [2.45, 2.75) is 38.6 Å². The summed E-state index contributed by atoms with van der Waals surface area (Å²) in [5, 5.41) is 1.26. The minimum absolute atomic E-state index is 0.483. The molecule has 0 radical (unpaired) electrons. The van der Waals surface area contributed by atoms with Crippen molar-refractivity contribution in [2.24, 2.45) is 0 Å². The van der Waals surface area contributed by atoms with Gasteiger partial charge in [0.15, 0.2) is 0 Å². The van der Waals surface area contributed by atoms with Crippen LogP contribution in [0.1, 0.15) is 36.6 Å². The Bertz CT molecular complexity index is 930. The van der Waals surface area contributed by atoms with E-state index in [4.69, 9.17) is 4.98 Å². The summed E-state index contributed by atoms with van der Waals surface area (Å²) in [6, 6.07) is 8.72. The average Bonchev–Trinajstić information content (AvgIpc) is 3.16. The molecule has 3 aromatic rings. The number of rotatable bonds is 6. The van der Waals surface area contributed by atoms with Gasteiger partial charge in [0.2, 0.25) is 0 Å². The highest BCUT2D eigenvalue weighted by Gasteiger charge is 2.25. The molecule has 148 valence electrons. The van der Waals surface area contributed by atoms with Gasteiger partial charge in [0, 0.05) is 55.2 Å². The number of piperidine rings is 1. The lowest BCUT2D eigenvalue weighted by atomic mass is 9.96. The summed E-state index contributed by atoms with van der Waals surface area (Å²) in [7, 11) is 4.27. The number of anilines is 1. The van der Waals surface area contributed by atoms with Gasteiger partial charge in [-0.25, -0.2) is 4.98 Å². The lowest BCUT2D eigenvalue weighted by molar-refractivity contribution is 0.380. The predicted molar refractivity (Wildman–Crippen MR) is 116 cm³/mol. The zero-order valence-electron chi connectivity index (χ0n) is 17.3. The van der Waals surface area contributed by atoms with Crippen LogP contribution in [0.3, 0.4) is 0 Å². The monoisotopic (exact) mass is 377 g/mol. The Labute approximate surface area is 168 Å². The fourth-order valence-electron chi connectivity index (χ4n) is 4.36. The van der Waals surface area contributed by atoms with Crippen LogP contribution in [-0.2, 0) is 6.54 Å². The third-order valence-electron chi connectivity index (χ3n) is 5.75. The number of benzene rings is 1. The quantitative estimate of drug-likeness (QED) is 0.649. The molecule has 0 spiro atoms. The zero-order chi connectivity index (χ0) is 19.5. The summed E-state index contributed by atoms with van der Waals surface area (Å²) >= 11 is 0. The molecule has 1 aliphatic heterocycles. The van der Waals surface area contributed by atoms with Gasteiger partial charge >= 0.3 is 0 Å². The molecule has 1 atom stereocenters. The molecule has 0 unspecified atom stereocenters. The summed E-state index contributed by atoms with van der Waals surface area (Å²) in [6.07, 6.45) is 9.62. The highest BCUT2D eigenvalue weighted by Crippen LogP contribution is 2.33. The molecule has 1 aromatic carbocycles. The van der Waals surface area contributed by atoms with E-state index in [1.165, 1.54) is 35.3 Å². The third-order valence-corrected chi connectivity index (χ3v) is 5.75. The van der Waals surface area contributed by atoms with Gasteiger partial charge in [-0.05, 0) is 65.0 Å². The zero-order valence-corrected chi connectivity index (χ0v) is 17.3. The normalized spacial score (nSPS) is 17.6. The van der Waals surface area contributed by atoms with Crippen LogP contribution < -0.4 is 4.90 Å². The summed E-state index contributed by atoms with van der Waals surface area (Å²) in [4.78, 5) is 14.1. The molecule has 0 bridgehead atoms. The fraction of sp³-hybridized carbons (Fsp3) is 0.478. The molecule has 0 amide bonds. The Hall–Kier alpha value is -2.40. The molecule has 0 saturated carbocycles. The number of aromatic nitrogens is 3. The number of aryl methyl sites for hydroxylation is 2. The van der Waals surface area contributed by atoms with E-state index in [1.807, 2.05) is 12.4 Å².